The molecule has 1 aliphatic carbocycles. The van der Waals surface area contributed by atoms with Crippen molar-refractivity contribution in [3.8, 4) is 0 Å². The van der Waals surface area contributed by atoms with E-state index in [0.717, 1.165) is 51.6 Å². The highest BCUT2D eigenvalue weighted by Crippen LogP contribution is 2.46. The standard InChI is InChI=1S/C13H22N2O2/c16-11-12(17)15(10-4-8-14-9-5-10)13(11)6-2-1-3-7-13/h10-11,14,16H,1-9H2/t11-/m1/s1. The van der Waals surface area contributed by atoms with Crippen LogP contribution < -0.4 is 5.32 Å². The zero-order valence-electron chi connectivity index (χ0n) is 10.3. The van der Waals surface area contributed by atoms with Crippen molar-refractivity contribution in [1.82, 2.24) is 10.2 Å². The van der Waals surface area contributed by atoms with E-state index < -0.39 is 6.10 Å². The predicted molar refractivity (Wildman–Crippen MR) is 64.6 cm³/mol. The van der Waals surface area contributed by atoms with Gasteiger partial charge in [0.2, 0.25) is 0 Å². The summed E-state index contributed by atoms with van der Waals surface area (Å²) in [6.45, 7) is 2.00. The number of hydrogen-bond acceptors (Lipinski definition) is 3. The molecule has 17 heavy (non-hydrogen) atoms. The first-order valence-corrected chi connectivity index (χ1v) is 6.98. The van der Waals surface area contributed by atoms with Crippen molar-refractivity contribution in [2.45, 2.75) is 62.6 Å². The third-order valence-corrected chi connectivity index (χ3v) is 4.85. The molecular weight excluding hydrogens is 216 g/mol. The van der Waals surface area contributed by atoms with E-state index in [4.69, 9.17) is 0 Å². The number of nitrogens with one attached hydrogen (secondary N) is 1. The summed E-state index contributed by atoms with van der Waals surface area (Å²) in [6, 6.07) is 0.366. The molecule has 3 fully saturated rings. The molecule has 3 aliphatic rings. The fourth-order valence-electron chi connectivity index (χ4n) is 3.93. The van der Waals surface area contributed by atoms with Gasteiger partial charge in [0.15, 0.2) is 6.10 Å². The molecule has 0 aromatic heterocycles. The molecule has 2 N–H and O–H groups in total. The third kappa shape index (κ3) is 1.61. The van der Waals surface area contributed by atoms with Gasteiger partial charge in [0.25, 0.3) is 5.91 Å². The van der Waals surface area contributed by atoms with Crippen LogP contribution >= 0.6 is 0 Å². The molecule has 1 saturated carbocycles. The number of β-lactam (4-membered cyclic amide) rings is 1. The summed E-state index contributed by atoms with van der Waals surface area (Å²) in [4.78, 5) is 14.0. The molecule has 96 valence electrons. The molecule has 1 amide bonds. The number of piperidine rings is 1. The van der Waals surface area contributed by atoms with Gasteiger partial charge in [-0.25, -0.2) is 0 Å². The van der Waals surface area contributed by atoms with Crippen molar-refractivity contribution in [1.29, 1.82) is 0 Å². The Bertz CT molecular complexity index is 307. The quantitative estimate of drug-likeness (QED) is 0.659. The van der Waals surface area contributed by atoms with Gasteiger partial charge in [0.1, 0.15) is 0 Å². The average Bonchev–Trinajstić information content (AvgIpc) is 2.41. The Morgan fingerprint density at radius 3 is 2.47 bits per heavy atom. The van der Waals surface area contributed by atoms with Crippen molar-refractivity contribution in [2.75, 3.05) is 13.1 Å². The van der Waals surface area contributed by atoms with E-state index in [-0.39, 0.29) is 11.4 Å². The number of likely N-dealkylation sites (tertiary alicyclic amines) is 1. The lowest BCUT2D eigenvalue weighted by molar-refractivity contribution is -0.199. The summed E-state index contributed by atoms with van der Waals surface area (Å²) >= 11 is 0. The SMILES string of the molecule is O=C1[C@@H](O)C2(CCCCC2)N1C1CCNCC1. The summed E-state index contributed by atoms with van der Waals surface area (Å²) < 4.78 is 0. The maximum atomic E-state index is 12.0. The van der Waals surface area contributed by atoms with Crippen LogP contribution in [0.3, 0.4) is 0 Å². The maximum Gasteiger partial charge on any atom is 0.254 e. The Morgan fingerprint density at radius 2 is 1.82 bits per heavy atom. The first-order chi connectivity index (χ1) is 8.26. The van der Waals surface area contributed by atoms with Crippen molar-refractivity contribution >= 4 is 5.91 Å². The zero-order valence-corrected chi connectivity index (χ0v) is 10.3. The molecule has 4 heteroatoms. The Morgan fingerprint density at radius 1 is 1.18 bits per heavy atom. The van der Waals surface area contributed by atoms with Gasteiger partial charge >= 0.3 is 0 Å². The lowest BCUT2D eigenvalue weighted by Crippen LogP contribution is -2.77. The van der Waals surface area contributed by atoms with Gasteiger partial charge < -0.3 is 15.3 Å². The van der Waals surface area contributed by atoms with Gasteiger partial charge in [0, 0.05) is 6.04 Å². The summed E-state index contributed by atoms with van der Waals surface area (Å²) in [5.41, 5.74) is -0.183. The van der Waals surface area contributed by atoms with E-state index >= 15 is 0 Å². The number of hydrogen-bond donors (Lipinski definition) is 2. The monoisotopic (exact) mass is 238 g/mol. The fraction of sp³-hybridized carbons (Fsp3) is 0.923. The van der Waals surface area contributed by atoms with Crippen LogP contribution in [-0.2, 0) is 4.79 Å². The van der Waals surface area contributed by atoms with Crippen molar-refractivity contribution < 1.29 is 9.90 Å². The zero-order chi connectivity index (χ0) is 11.9. The highest BCUT2D eigenvalue weighted by atomic mass is 16.3. The first-order valence-electron chi connectivity index (χ1n) is 6.98. The smallest absolute Gasteiger partial charge is 0.254 e. The highest BCUT2D eigenvalue weighted by molar-refractivity contribution is 5.90. The molecule has 0 bridgehead atoms. The van der Waals surface area contributed by atoms with Gasteiger partial charge in [-0.1, -0.05) is 19.3 Å². The highest BCUT2D eigenvalue weighted by Gasteiger charge is 2.61. The predicted octanol–water partition coefficient (Wildman–Crippen LogP) is 0.644. The number of aliphatic hydroxyl groups is 1. The molecule has 0 unspecified atom stereocenters. The Kier molecular flexibility index (Phi) is 2.87. The lowest BCUT2D eigenvalue weighted by Gasteiger charge is -2.60. The summed E-state index contributed by atoms with van der Waals surface area (Å²) in [6.07, 6.45) is 6.95. The van der Waals surface area contributed by atoms with Gasteiger partial charge in [-0.2, -0.15) is 0 Å². The van der Waals surface area contributed by atoms with E-state index in [1.54, 1.807) is 0 Å². The lowest BCUT2D eigenvalue weighted by atomic mass is 9.68. The number of carbonyl (C=O) groups excluding carboxylic acids is 1. The van der Waals surface area contributed by atoms with Crippen LogP contribution in [0.4, 0.5) is 0 Å². The Balaban J connectivity index is 1.78. The second kappa shape index (κ2) is 4.25. The Labute approximate surface area is 102 Å². The number of carbonyl (C=O) groups is 1. The summed E-state index contributed by atoms with van der Waals surface area (Å²) in [5, 5.41) is 13.4. The Hall–Kier alpha value is -0.610. The van der Waals surface area contributed by atoms with E-state index in [0.29, 0.717) is 6.04 Å². The van der Waals surface area contributed by atoms with Crippen LogP contribution in [0.1, 0.15) is 44.9 Å². The first kappa shape index (κ1) is 11.5. The minimum atomic E-state index is -0.710. The normalized spacial score (nSPS) is 33.8. The molecule has 2 saturated heterocycles. The minimum Gasteiger partial charge on any atom is -0.381 e. The van der Waals surface area contributed by atoms with E-state index in [1.807, 2.05) is 0 Å². The number of aliphatic hydroxyl groups excluding tert-OH is 1. The van der Waals surface area contributed by atoms with Crippen LogP contribution in [0.5, 0.6) is 0 Å². The van der Waals surface area contributed by atoms with Crippen molar-refractivity contribution in [3.05, 3.63) is 0 Å². The largest absolute Gasteiger partial charge is 0.381 e. The van der Waals surface area contributed by atoms with Crippen LogP contribution in [0, 0.1) is 0 Å². The second-order valence-corrected chi connectivity index (χ2v) is 5.76. The topological polar surface area (TPSA) is 52.6 Å². The van der Waals surface area contributed by atoms with Gasteiger partial charge in [-0.15, -0.1) is 0 Å². The molecule has 0 aromatic carbocycles. The number of rotatable bonds is 1. The molecule has 2 aliphatic heterocycles. The van der Waals surface area contributed by atoms with E-state index in [2.05, 4.69) is 10.2 Å². The molecule has 2 heterocycles. The van der Waals surface area contributed by atoms with Gasteiger partial charge in [-0.05, 0) is 38.8 Å². The van der Waals surface area contributed by atoms with Gasteiger partial charge in [-0.3, -0.25) is 4.79 Å². The molecular formula is C13H22N2O2. The molecule has 0 radical (unpaired) electrons. The van der Waals surface area contributed by atoms with E-state index in [9.17, 15) is 9.90 Å². The number of amides is 1. The molecule has 4 nitrogen and oxygen atoms in total. The van der Waals surface area contributed by atoms with E-state index in [1.165, 1.54) is 6.42 Å². The van der Waals surface area contributed by atoms with Crippen LogP contribution in [0.15, 0.2) is 0 Å². The second-order valence-electron chi connectivity index (χ2n) is 5.76. The fourth-order valence-corrected chi connectivity index (χ4v) is 3.93. The van der Waals surface area contributed by atoms with Crippen LogP contribution in [0.25, 0.3) is 0 Å². The summed E-state index contributed by atoms with van der Waals surface area (Å²) in [5.74, 6) is -0.0150. The molecule has 0 aromatic rings. The summed E-state index contributed by atoms with van der Waals surface area (Å²) in [7, 11) is 0. The molecule has 3 rings (SSSR count). The van der Waals surface area contributed by atoms with Crippen LogP contribution in [0.2, 0.25) is 0 Å². The minimum absolute atomic E-state index is 0.0150. The third-order valence-electron chi connectivity index (χ3n) is 4.85. The average molecular weight is 238 g/mol. The number of nitrogens with zero attached hydrogens (tertiary/aromatic N) is 1. The molecule has 1 spiro atoms. The van der Waals surface area contributed by atoms with Gasteiger partial charge in [0.05, 0.1) is 5.54 Å². The maximum absolute atomic E-state index is 12.0. The molecule has 1 atom stereocenters. The van der Waals surface area contributed by atoms with Crippen molar-refractivity contribution in [3.63, 3.8) is 0 Å². The van der Waals surface area contributed by atoms with Crippen molar-refractivity contribution in [2.24, 2.45) is 0 Å². The van der Waals surface area contributed by atoms with Crippen LogP contribution in [-0.4, -0.2) is 46.7 Å².